The Kier molecular flexibility index (Phi) is 16.4. The van der Waals surface area contributed by atoms with Crippen LogP contribution in [0.1, 0.15) is 0 Å². The molecule has 0 rings (SSSR count). The third kappa shape index (κ3) is 12.7. The molecule has 3 amide bonds. The van der Waals surface area contributed by atoms with Gasteiger partial charge in [0.25, 0.3) is 5.91 Å². The first-order chi connectivity index (χ1) is 16.2. The SMILES string of the molecule is C=CC(C=C/C=C/F)CNC/C=C(\O)C(=O)N(C=NC)CCOCCN(C)C(=O)C(=O)N(C)C. The van der Waals surface area contributed by atoms with E-state index in [0.717, 1.165) is 0 Å². The molecule has 0 saturated heterocycles. The molecule has 190 valence electrons. The average molecular weight is 482 g/mol. The summed E-state index contributed by atoms with van der Waals surface area (Å²) in [6, 6.07) is 0. The van der Waals surface area contributed by atoms with Gasteiger partial charge in [-0.05, 0) is 12.2 Å². The highest BCUT2D eigenvalue weighted by Gasteiger charge is 2.20. The minimum absolute atomic E-state index is 0.0429. The van der Waals surface area contributed by atoms with Crippen LogP contribution in [0.2, 0.25) is 0 Å². The number of aliphatic imine (C=N–C) groups is 1. The molecule has 0 aromatic carbocycles. The van der Waals surface area contributed by atoms with Crippen LogP contribution in [0.25, 0.3) is 0 Å². The van der Waals surface area contributed by atoms with Crippen molar-refractivity contribution in [3.8, 4) is 0 Å². The number of allylic oxidation sites excluding steroid dienone is 2. The van der Waals surface area contributed by atoms with E-state index in [0.29, 0.717) is 12.9 Å². The van der Waals surface area contributed by atoms with Crippen molar-refractivity contribution in [3.05, 3.63) is 49.0 Å². The van der Waals surface area contributed by atoms with Gasteiger partial charge in [-0.2, -0.15) is 0 Å². The quantitative estimate of drug-likeness (QED) is 0.0525. The van der Waals surface area contributed by atoms with E-state index < -0.39 is 23.5 Å². The monoisotopic (exact) mass is 481 g/mol. The number of ether oxygens (including phenoxy) is 1. The molecule has 1 atom stereocenters. The fraction of sp³-hybridized carbons (Fsp3) is 0.478. The summed E-state index contributed by atoms with van der Waals surface area (Å²) >= 11 is 0. The Hall–Kier alpha value is -3.31. The van der Waals surface area contributed by atoms with Crippen molar-refractivity contribution in [2.45, 2.75) is 0 Å². The molecule has 1 unspecified atom stereocenters. The van der Waals surface area contributed by atoms with Crippen LogP contribution in [0.5, 0.6) is 0 Å². The molecule has 0 bridgehead atoms. The van der Waals surface area contributed by atoms with Gasteiger partial charge in [0.2, 0.25) is 0 Å². The summed E-state index contributed by atoms with van der Waals surface area (Å²) in [5.41, 5.74) is 0. The average Bonchev–Trinajstić information content (AvgIpc) is 2.82. The van der Waals surface area contributed by atoms with Gasteiger partial charge in [-0.1, -0.05) is 18.2 Å². The summed E-state index contributed by atoms with van der Waals surface area (Å²) in [6.45, 7) is 5.05. The first kappa shape index (κ1) is 30.7. The predicted molar refractivity (Wildman–Crippen MR) is 130 cm³/mol. The molecular formula is C23H36FN5O5. The highest BCUT2D eigenvalue weighted by Crippen LogP contribution is 2.00. The highest BCUT2D eigenvalue weighted by molar-refractivity contribution is 6.34. The number of carbonyl (C=O) groups is 3. The lowest BCUT2D eigenvalue weighted by molar-refractivity contribution is -0.149. The Morgan fingerprint density at radius 3 is 2.38 bits per heavy atom. The maximum absolute atomic E-state index is 12.5. The van der Waals surface area contributed by atoms with Crippen LogP contribution in [0.3, 0.4) is 0 Å². The van der Waals surface area contributed by atoms with Gasteiger partial charge in [-0.25, -0.2) is 4.39 Å². The summed E-state index contributed by atoms with van der Waals surface area (Å²) in [5.74, 6) is -2.40. The second-order valence-corrected chi connectivity index (χ2v) is 7.26. The number of rotatable bonds is 15. The van der Waals surface area contributed by atoms with Gasteiger partial charge in [-0.3, -0.25) is 24.3 Å². The fourth-order valence-electron chi connectivity index (χ4n) is 2.41. The summed E-state index contributed by atoms with van der Waals surface area (Å²) in [6.07, 6.45) is 9.34. The van der Waals surface area contributed by atoms with Crippen molar-refractivity contribution in [2.24, 2.45) is 10.9 Å². The third-order valence-electron chi connectivity index (χ3n) is 4.38. The number of nitrogens with zero attached hydrogens (tertiary/aromatic N) is 4. The molecule has 0 aliphatic carbocycles. The number of aliphatic hydroxyl groups excluding tert-OH is 1. The zero-order valence-electron chi connectivity index (χ0n) is 20.3. The Labute approximate surface area is 200 Å². The molecular weight excluding hydrogens is 445 g/mol. The molecule has 0 aromatic rings. The lowest BCUT2D eigenvalue weighted by Crippen LogP contribution is -2.41. The Bertz CT molecular complexity index is 780. The molecule has 0 heterocycles. The van der Waals surface area contributed by atoms with Gasteiger partial charge >= 0.3 is 11.8 Å². The van der Waals surface area contributed by atoms with Gasteiger partial charge in [0.1, 0.15) is 0 Å². The van der Waals surface area contributed by atoms with Crippen LogP contribution >= 0.6 is 0 Å². The third-order valence-corrected chi connectivity index (χ3v) is 4.38. The van der Waals surface area contributed by atoms with Gasteiger partial charge in [0.15, 0.2) is 5.76 Å². The lowest BCUT2D eigenvalue weighted by atomic mass is 10.1. The number of hydrogen-bond donors (Lipinski definition) is 2. The number of aliphatic hydroxyl groups is 1. The molecule has 0 aliphatic heterocycles. The van der Waals surface area contributed by atoms with Crippen molar-refractivity contribution in [2.75, 3.05) is 67.6 Å². The molecule has 0 fully saturated rings. The number of carbonyl (C=O) groups excluding carboxylic acids is 3. The van der Waals surface area contributed by atoms with E-state index in [4.69, 9.17) is 4.74 Å². The number of likely N-dealkylation sites (N-methyl/N-ethyl adjacent to an activating group) is 2. The summed E-state index contributed by atoms with van der Waals surface area (Å²) in [7, 11) is 5.98. The molecule has 11 heteroatoms. The van der Waals surface area contributed by atoms with Crippen LogP contribution in [0.15, 0.2) is 54.0 Å². The van der Waals surface area contributed by atoms with E-state index in [1.54, 1.807) is 18.2 Å². The molecule has 34 heavy (non-hydrogen) atoms. The van der Waals surface area contributed by atoms with Gasteiger partial charge in [-0.15, -0.1) is 6.58 Å². The van der Waals surface area contributed by atoms with Gasteiger partial charge in [0.05, 0.1) is 32.4 Å². The molecule has 2 N–H and O–H groups in total. The van der Waals surface area contributed by atoms with Crippen molar-refractivity contribution in [1.29, 1.82) is 0 Å². The Morgan fingerprint density at radius 1 is 1.12 bits per heavy atom. The van der Waals surface area contributed by atoms with Crippen molar-refractivity contribution in [1.82, 2.24) is 20.0 Å². The lowest BCUT2D eigenvalue weighted by Gasteiger charge is -2.20. The van der Waals surface area contributed by atoms with Crippen molar-refractivity contribution < 1.29 is 28.6 Å². The maximum atomic E-state index is 12.5. The highest BCUT2D eigenvalue weighted by atomic mass is 19.1. The van der Waals surface area contributed by atoms with Crippen molar-refractivity contribution in [3.63, 3.8) is 0 Å². The smallest absolute Gasteiger partial charge is 0.311 e. The van der Waals surface area contributed by atoms with Crippen LogP contribution in [-0.2, 0) is 19.1 Å². The Balaban J connectivity index is 4.53. The molecule has 0 aliphatic rings. The van der Waals surface area contributed by atoms with Crippen LogP contribution in [0.4, 0.5) is 4.39 Å². The van der Waals surface area contributed by atoms with Gasteiger partial charge < -0.3 is 25.0 Å². The molecule has 0 radical (unpaired) electrons. The zero-order chi connectivity index (χ0) is 25.9. The normalized spacial score (nSPS) is 12.9. The summed E-state index contributed by atoms with van der Waals surface area (Å²) in [5, 5.41) is 13.2. The first-order valence-corrected chi connectivity index (χ1v) is 10.6. The van der Waals surface area contributed by atoms with Crippen molar-refractivity contribution >= 4 is 24.1 Å². The first-order valence-electron chi connectivity index (χ1n) is 10.6. The zero-order valence-corrected chi connectivity index (χ0v) is 20.3. The molecule has 0 aromatic heterocycles. The van der Waals surface area contributed by atoms with Crippen LogP contribution in [0, 0.1) is 5.92 Å². The predicted octanol–water partition coefficient (Wildman–Crippen LogP) is 0.909. The van der Waals surface area contributed by atoms with E-state index >= 15 is 0 Å². The number of hydrogen-bond acceptors (Lipinski definition) is 7. The van der Waals surface area contributed by atoms with E-state index in [-0.39, 0.29) is 38.8 Å². The van der Waals surface area contributed by atoms with Crippen LogP contribution < -0.4 is 5.32 Å². The minimum Gasteiger partial charge on any atom is -0.503 e. The molecule has 0 spiro atoms. The number of nitrogens with one attached hydrogen (secondary N) is 1. The number of halogens is 1. The minimum atomic E-state index is -0.645. The summed E-state index contributed by atoms with van der Waals surface area (Å²) in [4.78, 5) is 43.5. The van der Waals surface area contributed by atoms with Gasteiger partial charge in [0, 0.05) is 53.7 Å². The van der Waals surface area contributed by atoms with E-state index in [2.05, 4.69) is 16.9 Å². The molecule has 0 saturated carbocycles. The Morgan fingerprint density at radius 2 is 1.79 bits per heavy atom. The number of amides is 3. The second-order valence-electron chi connectivity index (χ2n) is 7.26. The summed E-state index contributed by atoms with van der Waals surface area (Å²) < 4.78 is 17.4. The van der Waals surface area contributed by atoms with E-state index in [1.807, 2.05) is 0 Å². The maximum Gasteiger partial charge on any atom is 0.311 e. The fourth-order valence-corrected chi connectivity index (χ4v) is 2.41. The second kappa shape index (κ2) is 18.2. The largest absolute Gasteiger partial charge is 0.503 e. The molecule has 10 nitrogen and oxygen atoms in total. The topological polar surface area (TPSA) is 115 Å². The standard InChI is InChI=1S/C23H36FN5O5/c1-6-19(9-7-8-11-24)17-26-12-10-20(30)21(31)29(18-25-2)14-16-34-15-13-28(5)23(33)22(32)27(3)4/h6-11,18-19,26,30H,1,12-17H2,2-5H3/b9-7?,11-8+,20-10-,25-18?. The van der Waals surface area contributed by atoms with E-state index in [1.165, 1.54) is 61.4 Å². The van der Waals surface area contributed by atoms with Crippen LogP contribution in [-0.4, -0.2) is 111 Å². The van der Waals surface area contributed by atoms with E-state index in [9.17, 15) is 23.9 Å².